The van der Waals surface area contributed by atoms with Crippen molar-refractivity contribution >= 4 is 23.9 Å². The van der Waals surface area contributed by atoms with Crippen LogP contribution in [0.1, 0.15) is 51.5 Å². The highest BCUT2D eigenvalue weighted by Crippen LogP contribution is 2.44. The first-order valence-electron chi connectivity index (χ1n) is 9.01. The van der Waals surface area contributed by atoms with E-state index >= 15 is 0 Å². The average Bonchev–Trinajstić information content (AvgIpc) is 2.93. The van der Waals surface area contributed by atoms with Crippen molar-refractivity contribution in [2.24, 2.45) is 0 Å². The largest absolute Gasteiger partial charge is 0.485 e. The summed E-state index contributed by atoms with van der Waals surface area (Å²) in [5.41, 5.74) is 1.65. The molecule has 0 unspecified atom stereocenters. The van der Waals surface area contributed by atoms with Crippen LogP contribution in [0.4, 0.5) is 10.5 Å². The summed E-state index contributed by atoms with van der Waals surface area (Å²) < 4.78 is 15.0. The number of rotatable bonds is 4. The molecular formula is C19H28N2O3S. The molecule has 1 amide bonds. The van der Waals surface area contributed by atoms with E-state index in [0.717, 1.165) is 23.4 Å². The number of hydrogen-bond donors (Lipinski definition) is 0. The summed E-state index contributed by atoms with van der Waals surface area (Å²) in [6, 6.07) is 6.47. The Morgan fingerprint density at radius 1 is 1.28 bits per heavy atom. The molecule has 5 nitrogen and oxygen atoms in total. The molecule has 1 aromatic carbocycles. The molecule has 3 rings (SSSR count). The summed E-state index contributed by atoms with van der Waals surface area (Å²) in [6.45, 7) is 4.14. The fraction of sp³-hybridized carbons (Fsp3) is 0.632. The summed E-state index contributed by atoms with van der Waals surface area (Å²) in [7, 11) is 3.48. The van der Waals surface area contributed by atoms with Crippen LogP contribution in [0.25, 0.3) is 0 Å². The zero-order chi connectivity index (χ0) is 18.0. The lowest BCUT2D eigenvalue weighted by Gasteiger charge is -2.33. The van der Waals surface area contributed by atoms with Gasteiger partial charge in [-0.15, -0.1) is 0 Å². The van der Waals surface area contributed by atoms with Gasteiger partial charge in [0.05, 0.1) is 19.2 Å². The maximum Gasteiger partial charge on any atom is 0.425 e. The zero-order valence-corrected chi connectivity index (χ0v) is 16.4. The van der Waals surface area contributed by atoms with E-state index in [0.29, 0.717) is 6.04 Å². The smallest absolute Gasteiger partial charge is 0.425 e. The third-order valence-electron chi connectivity index (χ3n) is 4.93. The van der Waals surface area contributed by atoms with Gasteiger partial charge in [0.25, 0.3) is 0 Å². The van der Waals surface area contributed by atoms with Crippen LogP contribution in [0, 0.1) is 0 Å². The second-order valence-corrected chi connectivity index (χ2v) is 8.59. The monoisotopic (exact) mass is 364 g/mol. The van der Waals surface area contributed by atoms with Crippen molar-refractivity contribution in [3.8, 4) is 5.75 Å². The van der Waals surface area contributed by atoms with E-state index in [1.807, 2.05) is 12.1 Å². The Kier molecular flexibility index (Phi) is 5.49. The third kappa shape index (κ3) is 4.06. The van der Waals surface area contributed by atoms with Gasteiger partial charge < -0.3 is 9.47 Å². The van der Waals surface area contributed by atoms with Gasteiger partial charge in [0.1, 0.15) is 17.0 Å². The molecule has 1 aromatic rings. The summed E-state index contributed by atoms with van der Waals surface area (Å²) in [5, 5.41) is 0. The molecule has 1 aliphatic heterocycles. The average molecular weight is 365 g/mol. The molecule has 0 bridgehead atoms. The summed E-state index contributed by atoms with van der Waals surface area (Å²) >= 11 is 1.42. The van der Waals surface area contributed by atoms with Crippen molar-refractivity contribution in [3.05, 3.63) is 23.8 Å². The minimum atomic E-state index is -0.380. The first kappa shape index (κ1) is 18.4. The minimum absolute atomic E-state index is 0.250. The quantitative estimate of drug-likeness (QED) is 0.718. The summed E-state index contributed by atoms with van der Waals surface area (Å²) in [5.74, 6) is 0.794. The van der Waals surface area contributed by atoms with Gasteiger partial charge in [0.15, 0.2) is 0 Å². The highest BCUT2D eigenvalue weighted by molar-refractivity contribution is 7.99. The molecular weight excluding hydrogens is 336 g/mol. The number of para-hydroxylation sites is 1. The fourth-order valence-electron chi connectivity index (χ4n) is 3.66. The summed E-state index contributed by atoms with van der Waals surface area (Å²) in [6.07, 6.45) is 6.63. The van der Waals surface area contributed by atoms with E-state index < -0.39 is 0 Å². The van der Waals surface area contributed by atoms with Crippen molar-refractivity contribution < 1.29 is 14.3 Å². The van der Waals surface area contributed by atoms with Crippen LogP contribution in [0.2, 0.25) is 0 Å². The Hall–Kier alpha value is -1.40. The van der Waals surface area contributed by atoms with Crippen LogP contribution < -0.4 is 9.04 Å². The van der Waals surface area contributed by atoms with Crippen LogP contribution in [-0.2, 0) is 11.2 Å². The Bertz CT molecular complexity index is 629. The lowest BCUT2D eigenvalue weighted by Crippen LogP contribution is -2.35. The van der Waals surface area contributed by atoms with E-state index in [2.05, 4.69) is 31.3 Å². The van der Waals surface area contributed by atoms with Crippen LogP contribution in [0.5, 0.6) is 5.75 Å². The molecule has 138 valence electrons. The molecule has 1 aliphatic carbocycles. The van der Waals surface area contributed by atoms with Gasteiger partial charge in [-0.2, -0.15) is 0 Å². The Morgan fingerprint density at radius 3 is 2.68 bits per heavy atom. The number of amides is 1. The van der Waals surface area contributed by atoms with E-state index in [1.54, 1.807) is 4.31 Å². The first-order valence-corrected chi connectivity index (χ1v) is 9.74. The minimum Gasteiger partial charge on any atom is -0.485 e. The topological polar surface area (TPSA) is 42.0 Å². The van der Waals surface area contributed by atoms with Crippen LogP contribution in [-0.4, -0.2) is 36.2 Å². The number of hydrogen-bond acceptors (Lipinski definition) is 5. The molecule has 0 N–H and O–H groups in total. The van der Waals surface area contributed by atoms with Gasteiger partial charge in [0, 0.05) is 18.0 Å². The van der Waals surface area contributed by atoms with Crippen LogP contribution in [0.15, 0.2) is 18.2 Å². The maximum atomic E-state index is 12.5. The number of anilines is 1. The van der Waals surface area contributed by atoms with Gasteiger partial charge >= 0.3 is 6.09 Å². The SMILES string of the molecule is COC(=O)N(SN(C)C1CCCCC1)c1cccc2c1OC(C)(C)C2. The van der Waals surface area contributed by atoms with Crippen molar-refractivity contribution in [1.82, 2.24) is 4.31 Å². The first-order chi connectivity index (χ1) is 11.9. The van der Waals surface area contributed by atoms with E-state index in [9.17, 15) is 4.79 Å². The summed E-state index contributed by atoms with van der Waals surface area (Å²) in [4.78, 5) is 12.5. The van der Waals surface area contributed by atoms with Crippen molar-refractivity contribution in [3.63, 3.8) is 0 Å². The number of nitrogens with zero attached hydrogens (tertiary/aromatic N) is 2. The Morgan fingerprint density at radius 2 is 2.00 bits per heavy atom. The zero-order valence-electron chi connectivity index (χ0n) is 15.6. The second kappa shape index (κ2) is 7.46. The molecule has 0 radical (unpaired) electrons. The van der Waals surface area contributed by atoms with Gasteiger partial charge in [-0.3, -0.25) is 0 Å². The molecule has 0 saturated heterocycles. The number of ether oxygens (including phenoxy) is 2. The number of carbonyl (C=O) groups is 1. The second-order valence-electron chi connectivity index (χ2n) is 7.49. The molecule has 2 aliphatic rings. The van der Waals surface area contributed by atoms with Gasteiger partial charge in [-0.1, -0.05) is 31.4 Å². The molecule has 0 aromatic heterocycles. The predicted molar refractivity (Wildman–Crippen MR) is 102 cm³/mol. The molecule has 1 heterocycles. The standard InChI is InChI=1S/C19H28N2O3S/c1-19(2)13-14-9-8-12-16(17(14)24-19)21(18(22)23-4)25-20(3)15-10-6-5-7-11-15/h8-9,12,15H,5-7,10-11,13H2,1-4H3. The van der Waals surface area contributed by atoms with Crippen molar-refractivity contribution in [1.29, 1.82) is 0 Å². The van der Waals surface area contributed by atoms with E-state index in [-0.39, 0.29) is 11.7 Å². The lowest BCUT2D eigenvalue weighted by atomic mass is 9.96. The van der Waals surface area contributed by atoms with Crippen LogP contribution >= 0.6 is 12.1 Å². The number of fused-ring (bicyclic) bond motifs is 1. The molecule has 0 spiro atoms. The number of carbonyl (C=O) groups excluding carboxylic acids is 1. The molecule has 1 saturated carbocycles. The van der Waals surface area contributed by atoms with E-state index in [1.165, 1.54) is 51.3 Å². The Labute approximate surface area is 154 Å². The highest BCUT2D eigenvalue weighted by atomic mass is 32.2. The molecule has 6 heteroatoms. The molecule has 1 fully saturated rings. The fourth-order valence-corrected chi connectivity index (χ4v) is 4.63. The number of benzene rings is 1. The molecule has 25 heavy (non-hydrogen) atoms. The van der Waals surface area contributed by atoms with Gasteiger partial charge in [-0.05, 0) is 39.8 Å². The van der Waals surface area contributed by atoms with Crippen molar-refractivity contribution in [2.75, 3.05) is 18.5 Å². The Balaban J connectivity index is 1.85. The molecule has 0 atom stereocenters. The highest BCUT2D eigenvalue weighted by Gasteiger charge is 2.35. The van der Waals surface area contributed by atoms with E-state index in [4.69, 9.17) is 9.47 Å². The maximum absolute atomic E-state index is 12.5. The van der Waals surface area contributed by atoms with Crippen molar-refractivity contribution in [2.45, 2.75) is 64.0 Å². The lowest BCUT2D eigenvalue weighted by molar-refractivity contribution is 0.138. The van der Waals surface area contributed by atoms with Gasteiger partial charge in [0.2, 0.25) is 0 Å². The third-order valence-corrected chi connectivity index (χ3v) is 5.99. The normalized spacial score (nSPS) is 19.4. The van der Waals surface area contributed by atoms with Crippen LogP contribution in [0.3, 0.4) is 0 Å². The van der Waals surface area contributed by atoms with Gasteiger partial charge in [-0.25, -0.2) is 13.4 Å². The predicted octanol–water partition coefficient (Wildman–Crippen LogP) is 4.80. The number of methoxy groups -OCH3 is 1.